The first kappa shape index (κ1) is 36.9. The molecule has 1 saturated carbocycles. The van der Waals surface area contributed by atoms with Gasteiger partial charge in [-0.15, -0.1) is 0 Å². The minimum absolute atomic E-state index is 0.00528. The molecule has 1 heterocycles. The SMILES string of the molecule is CC(=O)C(=O)NCCN(C(=O)[C@H](CC(=O)NC[C@@H]1CCCN(C(=N)N)C1)NS(=O)(=O)c1ccc2ccccc2c1)C1CC1.CC(=O)O. The summed E-state index contributed by atoms with van der Waals surface area (Å²) >= 11 is 0. The number of fused-ring (bicyclic) bond motifs is 1. The number of hydrogen-bond acceptors (Lipinski definition) is 8. The van der Waals surface area contributed by atoms with Crippen molar-refractivity contribution in [1.29, 1.82) is 5.41 Å². The molecule has 0 aromatic heterocycles. The van der Waals surface area contributed by atoms with Crippen LogP contribution in [0, 0.1) is 11.3 Å². The Labute approximate surface area is 273 Å². The van der Waals surface area contributed by atoms with Crippen LogP contribution in [0.5, 0.6) is 0 Å². The number of aliphatic carboxylic acids is 1. The van der Waals surface area contributed by atoms with Crippen LogP contribution >= 0.6 is 0 Å². The first-order valence-corrected chi connectivity index (χ1v) is 16.8. The molecule has 0 radical (unpaired) electrons. The Morgan fingerprint density at radius 1 is 1.04 bits per heavy atom. The van der Waals surface area contributed by atoms with Crippen LogP contribution in [0.15, 0.2) is 47.4 Å². The van der Waals surface area contributed by atoms with E-state index in [4.69, 9.17) is 21.0 Å². The van der Waals surface area contributed by atoms with Crippen LogP contribution in [0.2, 0.25) is 0 Å². The van der Waals surface area contributed by atoms with Crippen LogP contribution < -0.4 is 21.1 Å². The lowest BCUT2D eigenvalue weighted by atomic mass is 9.98. The second kappa shape index (κ2) is 16.8. The summed E-state index contributed by atoms with van der Waals surface area (Å²) in [6.07, 6.45) is 2.64. The first-order chi connectivity index (χ1) is 22.2. The van der Waals surface area contributed by atoms with Crippen molar-refractivity contribution in [3.8, 4) is 0 Å². The maximum absolute atomic E-state index is 13.8. The van der Waals surface area contributed by atoms with E-state index < -0.39 is 52.0 Å². The third kappa shape index (κ3) is 11.6. The number of nitrogens with zero attached hydrogens (tertiary/aromatic N) is 2. The fourth-order valence-corrected chi connectivity index (χ4v) is 6.43. The van der Waals surface area contributed by atoms with Gasteiger partial charge in [0.15, 0.2) is 5.96 Å². The number of likely N-dealkylation sites (tertiary alicyclic amines) is 1. The van der Waals surface area contributed by atoms with Gasteiger partial charge in [-0.2, -0.15) is 4.72 Å². The molecule has 2 aromatic rings. The lowest BCUT2D eigenvalue weighted by Gasteiger charge is -2.33. The number of carboxylic acid groups (broad SMARTS) is 1. The Hall–Kier alpha value is -4.57. The molecule has 15 nitrogen and oxygen atoms in total. The maximum Gasteiger partial charge on any atom is 0.300 e. The zero-order valence-corrected chi connectivity index (χ0v) is 27.3. The van der Waals surface area contributed by atoms with Crippen molar-refractivity contribution < 1.29 is 37.5 Å². The Morgan fingerprint density at radius 3 is 2.32 bits per heavy atom. The number of amides is 3. The highest BCUT2D eigenvalue weighted by Gasteiger charge is 2.38. The largest absolute Gasteiger partial charge is 0.481 e. The second-order valence-electron chi connectivity index (χ2n) is 11.6. The molecule has 16 heteroatoms. The second-order valence-corrected chi connectivity index (χ2v) is 13.3. The Bertz CT molecular complexity index is 1590. The average molecular weight is 674 g/mol. The minimum Gasteiger partial charge on any atom is -0.481 e. The summed E-state index contributed by atoms with van der Waals surface area (Å²) in [7, 11) is -4.21. The van der Waals surface area contributed by atoms with Crippen LogP contribution in [0.3, 0.4) is 0 Å². The van der Waals surface area contributed by atoms with Crippen molar-refractivity contribution in [1.82, 2.24) is 25.2 Å². The van der Waals surface area contributed by atoms with Crippen LogP contribution in [0.1, 0.15) is 46.0 Å². The van der Waals surface area contributed by atoms with E-state index in [0.29, 0.717) is 37.9 Å². The molecule has 2 fully saturated rings. The Balaban J connectivity index is 0.00000142. The number of carbonyl (C=O) groups excluding carboxylic acids is 4. The molecule has 4 rings (SSSR count). The zero-order chi connectivity index (χ0) is 34.7. The number of carbonyl (C=O) groups is 5. The number of nitrogens with two attached hydrogens (primary N) is 1. The lowest BCUT2D eigenvalue weighted by Crippen LogP contribution is -2.53. The molecular weight excluding hydrogens is 630 g/mol. The van der Waals surface area contributed by atoms with Crippen molar-refractivity contribution in [3.63, 3.8) is 0 Å². The van der Waals surface area contributed by atoms with Crippen molar-refractivity contribution in [2.24, 2.45) is 11.7 Å². The minimum atomic E-state index is -4.21. The van der Waals surface area contributed by atoms with E-state index in [1.54, 1.807) is 23.1 Å². The van der Waals surface area contributed by atoms with E-state index in [1.807, 2.05) is 12.1 Å². The summed E-state index contributed by atoms with van der Waals surface area (Å²) in [6, 6.07) is 10.4. The molecule has 256 valence electrons. The van der Waals surface area contributed by atoms with E-state index in [1.165, 1.54) is 17.0 Å². The summed E-state index contributed by atoms with van der Waals surface area (Å²) in [4.78, 5) is 62.1. The summed E-state index contributed by atoms with van der Waals surface area (Å²) in [6.45, 7) is 3.78. The molecule has 0 unspecified atom stereocenters. The van der Waals surface area contributed by atoms with Gasteiger partial charge in [0, 0.05) is 52.6 Å². The number of nitrogens with one attached hydrogen (secondary N) is 4. The van der Waals surface area contributed by atoms with Gasteiger partial charge in [0.25, 0.3) is 11.9 Å². The van der Waals surface area contributed by atoms with E-state index >= 15 is 0 Å². The van der Waals surface area contributed by atoms with Crippen molar-refractivity contribution in [2.75, 3.05) is 32.7 Å². The van der Waals surface area contributed by atoms with Crippen molar-refractivity contribution in [2.45, 2.75) is 62.9 Å². The predicted molar refractivity (Wildman–Crippen MR) is 174 cm³/mol. The fourth-order valence-electron chi connectivity index (χ4n) is 5.21. The monoisotopic (exact) mass is 673 g/mol. The molecular formula is C31H43N7O8S. The highest BCUT2D eigenvalue weighted by Crippen LogP contribution is 2.28. The smallest absolute Gasteiger partial charge is 0.300 e. The molecule has 2 aliphatic rings. The van der Waals surface area contributed by atoms with Gasteiger partial charge < -0.3 is 31.3 Å². The number of benzene rings is 2. The van der Waals surface area contributed by atoms with Gasteiger partial charge in [-0.3, -0.25) is 29.4 Å². The highest BCUT2D eigenvalue weighted by atomic mass is 32.2. The molecule has 7 N–H and O–H groups in total. The summed E-state index contributed by atoms with van der Waals surface area (Å²) < 4.78 is 29.5. The maximum atomic E-state index is 13.8. The molecule has 3 amide bonds. The fraction of sp³-hybridized carbons (Fsp3) is 0.484. The van der Waals surface area contributed by atoms with Gasteiger partial charge in [0.05, 0.1) is 11.3 Å². The Kier molecular flexibility index (Phi) is 13.2. The van der Waals surface area contributed by atoms with Gasteiger partial charge in [0.2, 0.25) is 27.6 Å². The van der Waals surface area contributed by atoms with E-state index in [2.05, 4.69) is 15.4 Å². The van der Waals surface area contributed by atoms with Crippen LogP contribution in [0.4, 0.5) is 0 Å². The van der Waals surface area contributed by atoms with Gasteiger partial charge in [0.1, 0.15) is 6.04 Å². The molecule has 47 heavy (non-hydrogen) atoms. The Morgan fingerprint density at radius 2 is 1.70 bits per heavy atom. The van der Waals surface area contributed by atoms with Crippen LogP contribution in [-0.2, 0) is 34.0 Å². The van der Waals surface area contributed by atoms with E-state index in [0.717, 1.165) is 32.1 Å². The average Bonchev–Trinajstić information content (AvgIpc) is 3.86. The van der Waals surface area contributed by atoms with E-state index in [-0.39, 0.29) is 35.9 Å². The van der Waals surface area contributed by atoms with Gasteiger partial charge in [-0.05, 0) is 54.5 Å². The van der Waals surface area contributed by atoms with E-state index in [9.17, 15) is 27.6 Å². The van der Waals surface area contributed by atoms with Gasteiger partial charge in [-0.1, -0.05) is 30.3 Å². The summed E-state index contributed by atoms with van der Waals surface area (Å²) in [5, 5.41) is 21.9. The molecule has 1 saturated heterocycles. The lowest BCUT2D eigenvalue weighted by molar-refractivity contribution is -0.137. The van der Waals surface area contributed by atoms with Crippen LogP contribution in [-0.4, -0.2) is 104 Å². The third-order valence-corrected chi connectivity index (χ3v) is 9.16. The predicted octanol–water partition coefficient (Wildman–Crippen LogP) is 0.386. The van der Waals surface area contributed by atoms with Gasteiger partial charge >= 0.3 is 0 Å². The number of Topliss-reactive ketones (excluding diaryl/α,β-unsaturated/α-hetero) is 1. The number of sulfonamides is 1. The first-order valence-electron chi connectivity index (χ1n) is 15.3. The van der Waals surface area contributed by atoms with Crippen LogP contribution in [0.25, 0.3) is 10.8 Å². The van der Waals surface area contributed by atoms with Crippen molar-refractivity contribution >= 4 is 56.2 Å². The van der Waals surface area contributed by atoms with Crippen molar-refractivity contribution in [3.05, 3.63) is 42.5 Å². The molecule has 1 aliphatic heterocycles. The zero-order valence-electron chi connectivity index (χ0n) is 26.5. The molecule has 0 spiro atoms. The molecule has 2 aromatic carbocycles. The number of hydrogen-bond donors (Lipinski definition) is 6. The number of guanidine groups is 1. The highest BCUT2D eigenvalue weighted by molar-refractivity contribution is 7.89. The number of piperidine rings is 1. The standard InChI is InChI=1S/C29H39N7O6S.C2H4O2/c1-19(37)27(39)32-12-14-36(23-9-10-23)28(40)25(16-26(38)33-17-20-5-4-13-35(18-20)29(30)31)34-43(41,42)24-11-8-21-6-2-3-7-22(21)15-24;1-2(3)4/h2-3,6-8,11,15,20,23,25,34H,4-5,9-10,12-14,16-18H2,1H3,(H3,30,31)(H,32,39)(H,33,38);1H3,(H,3,4)/t20-,25-;/m0./s1. The summed E-state index contributed by atoms with van der Waals surface area (Å²) in [5.41, 5.74) is 5.62. The van der Waals surface area contributed by atoms with Gasteiger partial charge in [-0.25, -0.2) is 8.42 Å². The number of carboxylic acids is 1. The number of rotatable bonds is 13. The molecule has 1 aliphatic carbocycles. The molecule has 2 atom stereocenters. The normalized spacial score (nSPS) is 16.6. The third-order valence-electron chi connectivity index (χ3n) is 7.69. The topological polar surface area (TPSA) is 232 Å². The summed E-state index contributed by atoms with van der Waals surface area (Å²) in [5.74, 6) is -3.32. The molecule has 0 bridgehead atoms. The number of ketones is 1. The quantitative estimate of drug-likeness (QED) is 0.0972.